The molecular weight excluding hydrogens is 361 g/mol. The summed E-state index contributed by atoms with van der Waals surface area (Å²) in [6.45, 7) is 0. The van der Waals surface area contributed by atoms with Crippen LogP contribution in [0.4, 0.5) is 17.3 Å². The number of benzene rings is 1. The zero-order valence-electron chi connectivity index (χ0n) is 9.46. The second-order valence-corrected chi connectivity index (χ2v) is 4.74. The van der Waals surface area contributed by atoms with Gasteiger partial charge in [0.05, 0.1) is 5.69 Å². The molecule has 0 bridgehead atoms. The summed E-state index contributed by atoms with van der Waals surface area (Å²) in [4.78, 5) is 8.40. The van der Waals surface area contributed by atoms with E-state index < -0.39 is 0 Å². The van der Waals surface area contributed by atoms with Crippen molar-refractivity contribution in [2.75, 3.05) is 10.7 Å². The first-order valence-corrected chi connectivity index (χ1v) is 6.34. The molecule has 2 aromatic heterocycles. The number of nitrogens with one attached hydrogen (secondary N) is 2. The van der Waals surface area contributed by atoms with Crippen molar-refractivity contribution >= 4 is 51.2 Å². The van der Waals surface area contributed by atoms with Crippen LogP contribution in [0.1, 0.15) is 0 Å². The highest BCUT2D eigenvalue weighted by atomic mass is 127. The highest BCUT2D eigenvalue weighted by Gasteiger charge is 2.12. The van der Waals surface area contributed by atoms with Gasteiger partial charge in [-0.05, 0) is 45.0 Å². The highest BCUT2D eigenvalue weighted by Crippen LogP contribution is 2.25. The second-order valence-electron chi connectivity index (χ2n) is 3.58. The Bertz CT molecular complexity index is 729. The normalized spacial score (nSPS) is 10.6. The molecule has 3 rings (SSSR count). The molecule has 0 aliphatic rings. The van der Waals surface area contributed by atoms with Crippen LogP contribution in [-0.4, -0.2) is 20.3 Å². The molecular formula is C10H8IN7O. The zero-order valence-corrected chi connectivity index (χ0v) is 11.6. The molecule has 4 N–H and O–H groups in total. The van der Waals surface area contributed by atoms with Gasteiger partial charge in [-0.25, -0.2) is 15.5 Å². The van der Waals surface area contributed by atoms with Gasteiger partial charge >= 0.3 is 0 Å². The van der Waals surface area contributed by atoms with Gasteiger partial charge in [0.15, 0.2) is 11.6 Å². The predicted octanol–water partition coefficient (Wildman–Crippen LogP) is 1.65. The average Bonchev–Trinajstić information content (AvgIpc) is 2.87. The summed E-state index contributed by atoms with van der Waals surface area (Å²) in [6, 6.07) is 7.77. The fourth-order valence-electron chi connectivity index (χ4n) is 1.52. The first-order valence-electron chi connectivity index (χ1n) is 5.26. The van der Waals surface area contributed by atoms with Crippen LogP contribution in [0.2, 0.25) is 0 Å². The van der Waals surface area contributed by atoms with Crippen molar-refractivity contribution in [1.29, 1.82) is 0 Å². The smallest absolute Gasteiger partial charge is 0.245 e. The standard InChI is InChI=1S/C10H8IN7O/c11-5-3-1-2-4-6(5)13-7-8(16-12)15-10-9(14-7)17-19-18-10/h1-4H,12H2,(H,13,14,17)(H,15,16,18). The van der Waals surface area contributed by atoms with Gasteiger partial charge in [0.2, 0.25) is 11.3 Å². The fraction of sp³-hybridized carbons (Fsp3) is 0. The molecule has 0 amide bonds. The molecule has 0 saturated carbocycles. The van der Waals surface area contributed by atoms with E-state index in [1.54, 1.807) is 0 Å². The van der Waals surface area contributed by atoms with Crippen LogP contribution in [0.5, 0.6) is 0 Å². The lowest BCUT2D eigenvalue weighted by Crippen LogP contribution is -2.12. The lowest BCUT2D eigenvalue weighted by molar-refractivity contribution is 0.314. The van der Waals surface area contributed by atoms with Crippen molar-refractivity contribution in [2.24, 2.45) is 5.84 Å². The Labute approximate surface area is 120 Å². The Balaban J connectivity index is 2.06. The lowest BCUT2D eigenvalue weighted by atomic mass is 10.3. The van der Waals surface area contributed by atoms with E-state index in [0.717, 1.165) is 9.26 Å². The fourth-order valence-corrected chi connectivity index (χ4v) is 2.04. The van der Waals surface area contributed by atoms with Crippen LogP contribution in [0, 0.1) is 3.57 Å². The van der Waals surface area contributed by atoms with Crippen LogP contribution < -0.4 is 16.6 Å². The second kappa shape index (κ2) is 4.93. The number of para-hydroxylation sites is 1. The van der Waals surface area contributed by atoms with Gasteiger partial charge in [0, 0.05) is 3.57 Å². The van der Waals surface area contributed by atoms with Crippen LogP contribution in [0.15, 0.2) is 28.9 Å². The molecule has 96 valence electrons. The number of hydrogen-bond acceptors (Lipinski definition) is 8. The van der Waals surface area contributed by atoms with Crippen molar-refractivity contribution < 1.29 is 4.63 Å². The van der Waals surface area contributed by atoms with E-state index in [1.165, 1.54) is 0 Å². The minimum Gasteiger partial charge on any atom is -0.336 e. The first kappa shape index (κ1) is 12.0. The molecule has 0 spiro atoms. The number of aromatic nitrogens is 4. The summed E-state index contributed by atoms with van der Waals surface area (Å²) in [5.74, 6) is 6.25. The molecule has 8 nitrogen and oxygen atoms in total. The molecule has 0 atom stereocenters. The minimum absolute atomic E-state index is 0.293. The van der Waals surface area contributed by atoms with Crippen molar-refractivity contribution in [1.82, 2.24) is 20.3 Å². The van der Waals surface area contributed by atoms with Gasteiger partial charge in [-0.3, -0.25) is 0 Å². The van der Waals surface area contributed by atoms with Crippen molar-refractivity contribution in [2.45, 2.75) is 0 Å². The molecule has 0 radical (unpaired) electrons. The van der Waals surface area contributed by atoms with Crippen molar-refractivity contribution in [3.8, 4) is 0 Å². The van der Waals surface area contributed by atoms with Gasteiger partial charge in [0.1, 0.15) is 0 Å². The molecule has 0 saturated heterocycles. The lowest BCUT2D eigenvalue weighted by Gasteiger charge is -2.10. The van der Waals surface area contributed by atoms with Crippen LogP contribution in [0.3, 0.4) is 0 Å². The van der Waals surface area contributed by atoms with Crippen LogP contribution in [-0.2, 0) is 0 Å². The van der Waals surface area contributed by atoms with Gasteiger partial charge in [-0.15, -0.1) is 0 Å². The molecule has 0 aliphatic carbocycles. The third-order valence-electron chi connectivity index (χ3n) is 2.38. The van der Waals surface area contributed by atoms with E-state index in [-0.39, 0.29) is 0 Å². The third-order valence-corrected chi connectivity index (χ3v) is 3.32. The van der Waals surface area contributed by atoms with E-state index in [4.69, 9.17) is 5.84 Å². The van der Waals surface area contributed by atoms with E-state index in [0.29, 0.717) is 22.9 Å². The highest BCUT2D eigenvalue weighted by molar-refractivity contribution is 14.1. The van der Waals surface area contributed by atoms with E-state index in [9.17, 15) is 0 Å². The molecule has 9 heteroatoms. The minimum atomic E-state index is 0.293. The Hall–Kier alpha value is -2.01. The number of fused-ring (bicyclic) bond motifs is 1. The number of rotatable bonds is 3. The predicted molar refractivity (Wildman–Crippen MR) is 77.6 cm³/mol. The van der Waals surface area contributed by atoms with Crippen molar-refractivity contribution in [3.05, 3.63) is 27.8 Å². The zero-order chi connectivity index (χ0) is 13.2. The topological polar surface area (TPSA) is 115 Å². The molecule has 2 heterocycles. The van der Waals surface area contributed by atoms with Crippen molar-refractivity contribution in [3.63, 3.8) is 0 Å². The van der Waals surface area contributed by atoms with Crippen LogP contribution in [0.25, 0.3) is 11.3 Å². The van der Waals surface area contributed by atoms with Gasteiger partial charge in [-0.2, -0.15) is 4.98 Å². The van der Waals surface area contributed by atoms with Gasteiger partial charge < -0.3 is 10.7 Å². The molecule has 3 aromatic rings. The Kier molecular flexibility index (Phi) is 3.13. The van der Waals surface area contributed by atoms with Crippen LogP contribution >= 0.6 is 22.6 Å². The SMILES string of the molecule is NNc1nc2nonc2nc1Nc1ccccc1I. The third kappa shape index (κ3) is 2.29. The Morgan fingerprint density at radius 3 is 2.42 bits per heavy atom. The number of halogens is 1. The largest absolute Gasteiger partial charge is 0.336 e. The quantitative estimate of drug-likeness (QED) is 0.363. The van der Waals surface area contributed by atoms with E-state index in [2.05, 4.69) is 58.2 Å². The summed E-state index contributed by atoms with van der Waals surface area (Å²) in [5, 5.41) is 10.4. The number of hydrazine groups is 1. The first-order chi connectivity index (χ1) is 9.28. The molecule has 1 aromatic carbocycles. The molecule has 0 fully saturated rings. The van der Waals surface area contributed by atoms with E-state index >= 15 is 0 Å². The molecule has 19 heavy (non-hydrogen) atoms. The molecule has 0 unspecified atom stereocenters. The monoisotopic (exact) mass is 369 g/mol. The summed E-state index contributed by atoms with van der Waals surface area (Å²) in [6.07, 6.45) is 0. The summed E-state index contributed by atoms with van der Waals surface area (Å²) < 4.78 is 5.62. The summed E-state index contributed by atoms with van der Waals surface area (Å²) in [5.41, 5.74) is 3.97. The number of nitrogens with two attached hydrogens (primary N) is 1. The summed E-state index contributed by atoms with van der Waals surface area (Å²) in [7, 11) is 0. The number of nitrogen functional groups attached to an aromatic ring is 1. The average molecular weight is 369 g/mol. The van der Waals surface area contributed by atoms with Gasteiger partial charge in [-0.1, -0.05) is 12.1 Å². The maximum atomic E-state index is 5.43. The Morgan fingerprint density at radius 2 is 1.74 bits per heavy atom. The number of hydrogen-bond donors (Lipinski definition) is 3. The maximum absolute atomic E-state index is 5.43. The van der Waals surface area contributed by atoms with Gasteiger partial charge in [0.25, 0.3) is 0 Å². The maximum Gasteiger partial charge on any atom is 0.245 e. The molecule has 0 aliphatic heterocycles. The Morgan fingerprint density at radius 1 is 1.05 bits per heavy atom. The summed E-state index contributed by atoms with van der Waals surface area (Å²) >= 11 is 2.22. The number of nitrogens with zero attached hydrogens (tertiary/aromatic N) is 4. The number of anilines is 3. The van der Waals surface area contributed by atoms with E-state index in [1.807, 2.05) is 24.3 Å².